The number of carbonyl (C=O) groups excluding carboxylic acids is 1. The molecule has 1 saturated heterocycles. The van der Waals surface area contributed by atoms with Crippen LogP contribution in [0.5, 0.6) is 5.75 Å². The molecule has 198 valence electrons. The Bertz CT molecular complexity index is 1070. The highest BCUT2D eigenvalue weighted by molar-refractivity contribution is 7.10. The smallest absolute Gasteiger partial charge is 0.253 e. The first-order valence-corrected chi connectivity index (χ1v) is 14.1. The molecule has 0 saturated carbocycles. The summed E-state index contributed by atoms with van der Waals surface area (Å²) in [6.45, 7) is 3.93. The molecule has 1 N–H and O–H groups in total. The zero-order valence-corrected chi connectivity index (χ0v) is 22.8. The monoisotopic (exact) mass is 521 g/mol. The number of amides is 1. The van der Waals surface area contributed by atoms with Gasteiger partial charge in [0.15, 0.2) is 0 Å². The normalized spacial score (nSPS) is 15.4. The van der Waals surface area contributed by atoms with Crippen molar-refractivity contribution in [2.24, 2.45) is 0 Å². The Hall–Kier alpha value is -2.71. The summed E-state index contributed by atoms with van der Waals surface area (Å²) < 4.78 is 11.7. The maximum atomic E-state index is 12.9. The predicted molar refractivity (Wildman–Crippen MR) is 152 cm³/mol. The number of ether oxygens (including phenoxy) is 2. The first kappa shape index (κ1) is 27.3. The van der Waals surface area contributed by atoms with Gasteiger partial charge in [0.2, 0.25) is 0 Å². The van der Waals surface area contributed by atoms with Crippen molar-refractivity contribution in [2.45, 2.75) is 37.8 Å². The molecule has 2 aromatic carbocycles. The van der Waals surface area contributed by atoms with E-state index >= 15 is 0 Å². The zero-order chi connectivity index (χ0) is 25.9. The van der Waals surface area contributed by atoms with Crippen molar-refractivity contribution in [3.63, 3.8) is 0 Å². The van der Waals surface area contributed by atoms with E-state index in [1.165, 1.54) is 10.4 Å². The minimum absolute atomic E-state index is 0.0248. The highest BCUT2D eigenvalue weighted by Crippen LogP contribution is 2.31. The Kier molecular flexibility index (Phi) is 10.6. The summed E-state index contributed by atoms with van der Waals surface area (Å²) in [5.41, 5.74) is 2.20. The Balaban J connectivity index is 1.35. The SMILES string of the molecule is CNCCC(Oc1ccccc1CCN1CCC(N(C(=O)COC)c2ccccc2)CC1)c1cccs1. The van der Waals surface area contributed by atoms with Gasteiger partial charge in [-0.15, -0.1) is 11.3 Å². The molecular formula is C30H39N3O3S. The van der Waals surface area contributed by atoms with E-state index < -0.39 is 0 Å². The number of piperidine rings is 1. The van der Waals surface area contributed by atoms with Crippen molar-refractivity contribution in [2.75, 3.05) is 51.8 Å². The molecule has 1 amide bonds. The Labute approximate surface area is 225 Å². The highest BCUT2D eigenvalue weighted by Gasteiger charge is 2.29. The second-order valence-electron chi connectivity index (χ2n) is 9.48. The predicted octanol–water partition coefficient (Wildman–Crippen LogP) is 5.16. The van der Waals surface area contributed by atoms with Crippen molar-refractivity contribution in [3.05, 3.63) is 82.6 Å². The van der Waals surface area contributed by atoms with Gasteiger partial charge in [-0.1, -0.05) is 42.5 Å². The number of nitrogens with zero attached hydrogens (tertiary/aromatic N) is 2. The molecule has 1 aliphatic heterocycles. The van der Waals surface area contributed by atoms with Gasteiger partial charge < -0.3 is 24.6 Å². The number of hydrogen-bond donors (Lipinski definition) is 1. The molecule has 4 rings (SSSR count). The summed E-state index contributed by atoms with van der Waals surface area (Å²) >= 11 is 1.75. The van der Waals surface area contributed by atoms with Gasteiger partial charge in [0, 0.05) is 49.8 Å². The molecule has 1 unspecified atom stereocenters. The van der Waals surface area contributed by atoms with Gasteiger partial charge in [0.25, 0.3) is 5.91 Å². The fourth-order valence-electron chi connectivity index (χ4n) is 5.01. The third kappa shape index (κ3) is 7.65. The summed E-state index contributed by atoms with van der Waals surface area (Å²) in [7, 11) is 3.56. The van der Waals surface area contributed by atoms with E-state index in [2.05, 4.69) is 52.0 Å². The quantitative estimate of drug-likeness (QED) is 0.337. The maximum absolute atomic E-state index is 12.9. The zero-order valence-electron chi connectivity index (χ0n) is 22.0. The average molecular weight is 522 g/mol. The van der Waals surface area contributed by atoms with Gasteiger partial charge in [0.05, 0.1) is 0 Å². The lowest BCUT2D eigenvalue weighted by Crippen LogP contribution is -2.49. The molecule has 1 atom stereocenters. The second kappa shape index (κ2) is 14.3. The van der Waals surface area contributed by atoms with Gasteiger partial charge in [-0.3, -0.25) is 4.79 Å². The maximum Gasteiger partial charge on any atom is 0.253 e. The van der Waals surface area contributed by atoms with Crippen molar-refractivity contribution in [1.29, 1.82) is 0 Å². The molecule has 1 aliphatic rings. The van der Waals surface area contributed by atoms with E-state index in [-0.39, 0.29) is 24.7 Å². The van der Waals surface area contributed by atoms with Crippen molar-refractivity contribution in [3.8, 4) is 5.75 Å². The van der Waals surface area contributed by atoms with E-state index in [1.54, 1.807) is 18.4 Å². The standard InChI is InChI=1S/C30H39N3O3S/c1-31-18-14-28(29-13-8-22-37-29)36-27-12-7-6-9-24(27)15-19-32-20-16-26(17-21-32)33(30(34)23-35-2)25-10-4-3-5-11-25/h3-13,22,26,28,31H,14-21,23H2,1-2H3. The largest absolute Gasteiger partial charge is 0.485 e. The second-order valence-corrected chi connectivity index (χ2v) is 10.5. The van der Waals surface area contributed by atoms with Crippen LogP contribution in [0.1, 0.15) is 35.8 Å². The fourth-order valence-corrected chi connectivity index (χ4v) is 5.80. The number of carbonyl (C=O) groups is 1. The lowest BCUT2D eigenvalue weighted by molar-refractivity contribution is -0.122. The molecule has 3 aromatic rings. The molecular weight excluding hydrogens is 482 g/mol. The van der Waals surface area contributed by atoms with Crippen LogP contribution in [0.3, 0.4) is 0 Å². The van der Waals surface area contributed by atoms with Crippen molar-refractivity contribution < 1.29 is 14.3 Å². The molecule has 1 aromatic heterocycles. The summed E-state index contributed by atoms with van der Waals surface area (Å²) in [6, 6.07) is 22.9. The Morgan fingerprint density at radius 3 is 2.54 bits per heavy atom. The lowest BCUT2D eigenvalue weighted by Gasteiger charge is -2.38. The number of likely N-dealkylation sites (tertiary alicyclic amines) is 1. The first-order valence-electron chi connectivity index (χ1n) is 13.2. The molecule has 37 heavy (non-hydrogen) atoms. The molecule has 2 heterocycles. The fraction of sp³-hybridized carbons (Fsp3) is 0.433. The molecule has 0 spiro atoms. The van der Waals surface area contributed by atoms with Crippen LogP contribution in [0.15, 0.2) is 72.1 Å². The first-order chi connectivity index (χ1) is 18.2. The van der Waals surface area contributed by atoms with Gasteiger partial charge in [-0.2, -0.15) is 0 Å². The molecule has 0 radical (unpaired) electrons. The number of benzene rings is 2. The van der Waals surface area contributed by atoms with Gasteiger partial charge in [-0.25, -0.2) is 0 Å². The van der Waals surface area contributed by atoms with E-state index in [0.717, 1.165) is 63.3 Å². The minimum Gasteiger partial charge on any atom is -0.485 e. The summed E-state index contributed by atoms with van der Waals surface area (Å²) in [4.78, 5) is 18.6. The third-order valence-corrected chi connectivity index (χ3v) is 7.91. The molecule has 6 nitrogen and oxygen atoms in total. The minimum atomic E-state index is 0.0248. The summed E-state index contributed by atoms with van der Waals surface area (Å²) in [6.07, 6.45) is 3.83. The average Bonchev–Trinajstić information content (AvgIpc) is 3.47. The molecule has 0 aliphatic carbocycles. The van der Waals surface area contributed by atoms with Crippen molar-refractivity contribution in [1.82, 2.24) is 10.2 Å². The number of nitrogens with one attached hydrogen (secondary N) is 1. The Morgan fingerprint density at radius 2 is 1.84 bits per heavy atom. The summed E-state index contributed by atoms with van der Waals surface area (Å²) in [5.74, 6) is 1.00. The number of rotatable bonds is 13. The van der Waals surface area contributed by atoms with E-state index in [4.69, 9.17) is 9.47 Å². The van der Waals surface area contributed by atoms with Crippen LogP contribution in [0.4, 0.5) is 5.69 Å². The van der Waals surface area contributed by atoms with Crippen LogP contribution >= 0.6 is 11.3 Å². The number of methoxy groups -OCH3 is 1. The highest BCUT2D eigenvalue weighted by atomic mass is 32.1. The molecule has 0 bridgehead atoms. The van der Waals surface area contributed by atoms with Crippen LogP contribution in [0, 0.1) is 0 Å². The van der Waals surface area contributed by atoms with Crippen LogP contribution in [0.2, 0.25) is 0 Å². The van der Waals surface area contributed by atoms with Crippen LogP contribution in [0.25, 0.3) is 0 Å². The third-order valence-electron chi connectivity index (χ3n) is 6.95. The van der Waals surface area contributed by atoms with Gasteiger partial charge >= 0.3 is 0 Å². The lowest BCUT2D eigenvalue weighted by atomic mass is 10.0. The molecule has 1 fully saturated rings. The van der Waals surface area contributed by atoms with Gasteiger partial charge in [0.1, 0.15) is 18.5 Å². The van der Waals surface area contributed by atoms with Crippen LogP contribution in [-0.2, 0) is 16.0 Å². The number of hydrogen-bond acceptors (Lipinski definition) is 6. The van der Waals surface area contributed by atoms with Crippen LogP contribution < -0.4 is 15.0 Å². The van der Waals surface area contributed by atoms with E-state index in [1.807, 2.05) is 42.3 Å². The van der Waals surface area contributed by atoms with Gasteiger partial charge in [-0.05, 0) is 68.1 Å². The van der Waals surface area contributed by atoms with Crippen LogP contribution in [-0.4, -0.2) is 63.8 Å². The van der Waals surface area contributed by atoms with Crippen molar-refractivity contribution >= 4 is 22.9 Å². The summed E-state index contributed by atoms with van der Waals surface area (Å²) in [5, 5.41) is 5.36. The van der Waals surface area contributed by atoms with E-state index in [9.17, 15) is 4.79 Å². The molecule has 7 heteroatoms. The number of anilines is 1. The van der Waals surface area contributed by atoms with E-state index in [0.29, 0.717) is 0 Å². The topological polar surface area (TPSA) is 54.0 Å². The number of para-hydroxylation sites is 2. The number of thiophene rings is 1. The Morgan fingerprint density at radius 1 is 1.08 bits per heavy atom.